The third-order valence-corrected chi connectivity index (χ3v) is 21.2. The SMILES string of the molecule is CCC(C)CCCCCCCCCCCCCCCCC(=O)O[C@H](COC(=O)CCCCCCCCCCCC(C)C)COP(=O)(O)OC[C@@H](O)COP(=O)(O)OC[C@@H](COC(=O)CCCCCCCCC(C)CC)OC(=O)CCCCCCCCCCCCCCCCCCC(C)C. The van der Waals surface area contributed by atoms with Crippen molar-refractivity contribution < 1.29 is 80.2 Å². The summed E-state index contributed by atoms with van der Waals surface area (Å²) in [5.41, 5.74) is 0. The van der Waals surface area contributed by atoms with Crippen molar-refractivity contribution in [3.05, 3.63) is 0 Å². The second-order valence-electron chi connectivity index (χ2n) is 30.2. The molecule has 0 aromatic rings. The van der Waals surface area contributed by atoms with Gasteiger partial charge < -0.3 is 33.8 Å². The molecule has 0 aliphatic carbocycles. The fraction of sp³-hybridized carbons (Fsp3) is 0.950. The van der Waals surface area contributed by atoms with Gasteiger partial charge in [-0.2, -0.15) is 0 Å². The smallest absolute Gasteiger partial charge is 0.462 e. The number of phosphoric ester groups is 2. The quantitative estimate of drug-likeness (QED) is 0.0222. The van der Waals surface area contributed by atoms with E-state index in [4.69, 9.17) is 37.0 Å². The minimum atomic E-state index is -4.96. The number of hydrogen-bond acceptors (Lipinski definition) is 15. The van der Waals surface area contributed by atoms with Crippen molar-refractivity contribution >= 4 is 39.5 Å². The lowest BCUT2D eigenvalue weighted by atomic mass is 9.99. The Labute approximate surface area is 607 Å². The Kier molecular flexibility index (Phi) is 67.8. The van der Waals surface area contributed by atoms with Gasteiger partial charge in [0.25, 0.3) is 0 Å². The van der Waals surface area contributed by atoms with Crippen molar-refractivity contribution in [3.63, 3.8) is 0 Å². The zero-order valence-corrected chi connectivity index (χ0v) is 66.9. The Morgan fingerprint density at radius 3 is 0.717 bits per heavy atom. The Morgan fingerprint density at radius 1 is 0.283 bits per heavy atom. The molecular weight excluding hydrogens is 1290 g/mol. The van der Waals surface area contributed by atoms with E-state index in [1.807, 2.05) is 0 Å². The van der Waals surface area contributed by atoms with Gasteiger partial charge in [0.05, 0.1) is 26.4 Å². The summed E-state index contributed by atoms with van der Waals surface area (Å²) in [6, 6.07) is 0. The van der Waals surface area contributed by atoms with Gasteiger partial charge in [0.15, 0.2) is 12.2 Å². The largest absolute Gasteiger partial charge is 0.472 e. The van der Waals surface area contributed by atoms with Crippen LogP contribution in [-0.4, -0.2) is 96.7 Å². The highest BCUT2D eigenvalue weighted by atomic mass is 31.2. The maximum Gasteiger partial charge on any atom is 0.472 e. The van der Waals surface area contributed by atoms with E-state index in [1.54, 1.807) is 0 Å². The van der Waals surface area contributed by atoms with Crippen LogP contribution in [0.3, 0.4) is 0 Å². The summed E-state index contributed by atoms with van der Waals surface area (Å²) in [5, 5.41) is 10.6. The number of ether oxygens (including phenoxy) is 4. The predicted octanol–water partition coefficient (Wildman–Crippen LogP) is 23.6. The first-order valence-corrected chi connectivity index (χ1v) is 44.3. The average Bonchev–Trinajstić information content (AvgIpc) is 0.978. The molecule has 588 valence electrons. The molecule has 99 heavy (non-hydrogen) atoms. The molecule has 0 heterocycles. The molecule has 4 unspecified atom stereocenters. The van der Waals surface area contributed by atoms with Gasteiger partial charge in [-0.05, 0) is 49.4 Å². The summed E-state index contributed by atoms with van der Waals surface area (Å²) >= 11 is 0. The first kappa shape index (κ1) is 97.1. The third kappa shape index (κ3) is 71.5. The van der Waals surface area contributed by atoms with Crippen LogP contribution >= 0.6 is 15.6 Å². The topological polar surface area (TPSA) is 237 Å². The highest BCUT2D eigenvalue weighted by Crippen LogP contribution is 2.45. The van der Waals surface area contributed by atoms with Crippen LogP contribution in [0.1, 0.15) is 409 Å². The lowest BCUT2D eigenvalue weighted by molar-refractivity contribution is -0.161. The molecule has 0 fully saturated rings. The number of aliphatic hydroxyl groups excluding tert-OH is 1. The van der Waals surface area contributed by atoms with Crippen molar-refractivity contribution in [1.82, 2.24) is 0 Å². The van der Waals surface area contributed by atoms with E-state index in [0.29, 0.717) is 25.7 Å². The van der Waals surface area contributed by atoms with E-state index in [2.05, 4.69) is 55.4 Å². The number of esters is 4. The van der Waals surface area contributed by atoms with Gasteiger partial charge >= 0.3 is 39.5 Å². The first-order valence-electron chi connectivity index (χ1n) is 41.3. The Hall–Kier alpha value is -1.94. The molecule has 3 N–H and O–H groups in total. The summed E-state index contributed by atoms with van der Waals surface area (Å²) in [7, 11) is -9.92. The highest BCUT2D eigenvalue weighted by Gasteiger charge is 2.30. The second-order valence-corrected chi connectivity index (χ2v) is 33.1. The van der Waals surface area contributed by atoms with Crippen molar-refractivity contribution in [2.45, 2.75) is 427 Å². The Bertz CT molecular complexity index is 1940. The van der Waals surface area contributed by atoms with Gasteiger partial charge in [-0.15, -0.1) is 0 Å². The van der Waals surface area contributed by atoms with Crippen LogP contribution in [0.2, 0.25) is 0 Å². The van der Waals surface area contributed by atoms with Crippen LogP contribution in [0.25, 0.3) is 0 Å². The van der Waals surface area contributed by atoms with Gasteiger partial charge in [-0.3, -0.25) is 37.3 Å². The summed E-state index contributed by atoms with van der Waals surface area (Å²) < 4.78 is 68.7. The second kappa shape index (κ2) is 69.1. The Balaban J connectivity index is 5.22. The van der Waals surface area contributed by atoms with Crippen LogP contribution in [-0.2, 0) is 65.4 Å². The zero-order chi connectivity index (χ0) is 73.1. The number of phosphoric acid groups is 2. The zero-order valence-electron chi connectivity index (χ0n) is 65.1. The minimum absolute atomic E-state index is 0.107. The van der Waals surface area contributed by atoms with E-state index in [-0.39, 0.29) is 25.7 Å². The number of aliphatic hydroxyl groups is 1. The molecule has 17 nitrogen and oxygen atoms in total. The van der Waals surface area contributed by atoms with Crippen LogP contribution in [0.5, 0.6) is 0 Å². The van der Waals surface area contributed by atoms with Gasteiger partial charge in [0, 0.05) is 25.7 Å². The van der Waals surface area contributed by atoms with Crippen LogP contribution in [0.15, 0.2) is 0 Å². The fourth-order valence-electron chi connectivity index (χ4n) is 12.2. The van der Waals surface area contributed by atoms with E-state index < -0.39 is 97.5 Å². The minimum Gasteiger partial charge on any atom is -0.462 e. The molecular formula is C80H156O17P2. The molecule has 0 amide bonds. The molecule has 7 atom stereocenters. The predicted molar refractivity (Wildman–Crippen MR) is 404 cm³/mol. The van der Waals surface area contributed by atoms with Gasteiger partial charge in [-0.1, -0.05) is 357 Å². The van der Waals surface area contributed by atoms with Crippen molar-refractivity contribution in [2.75, 3.05) is 39.6 Å². The lowest BCUT2D eigenvalue weighted by Gasteiger charge is -2.21. The molecule has 0 bridgehead atoms. The van der Waals surface area contributed by atoms with E-state index in [9.17, 15) is 43.2 Å². The average molecular weight is 1450 g/mol. The van der Waals surface area contributed by atoms with E-state index in [0.717, 1.165) is 120 Å². The lowest BCUT2D eigenvalue weighted by Crippen LogP contribution is -2.30. The summed E-state index contributed by atoms with van der Waals surface area (Å²) in [6.45, 7) is 14.3. The van der Waals surface area contributed by atoms with Gasteiger partial charge in [0.1, 0.15) is 19.3 Å². The maximum atomic E-state index is 13.1. The standard InChI is InChI=1S/C80H156O17P2/c1-9-72(7)58-50-42-34-28-22-18-15-16-20-24-30-37-47-55-62-79(84)96-75(66-90-77(82)60-52-44-35-31-25-27-33-41-49-57-71(5)6)68-94-98(86,87)92-64-74(81)65-93-99(88,89)95-69-76(67-91-78(83)61-53-45-39-38-43-51-59-73(8)10-2)97-80(85)63-54-46-36-29-23-19-14-12-11-13-17-21-26-32-40-48-56-70(3)4/h70-76,81H,9-69H2,1-8H3,(H,86,87)(H,88,89)/t72?,73?,74-,75-,76-/m1/s1. The molecule has 0 spiro atoms. The van der Waals surface area contributed by atoms with Crippen molar-refractivity contribution in [2.24, 2.45) is 23.7 Å². The summed E-state index contributed by atoms with van der Waals surface area (Å²) in [6.07, 6.45) is 55.5. The molecule has 0 rings (SSSR count). The van der Waals surface area contributed by atoms with Crippen LogP contribution < -0.4 is 0 Å². The molecule has 19 heteroatoms. The number of hydrogen-bond donors (Lipinski definition) is 3. The number of rotatable bonds is 77. The number of unbranched alkanes of at least 4 members (excludes halogenated alkanes) is 41. The Morgan fingerprint density at radius 2 is 0.485 bits per heavy atom. The molecule has 0 aromatic carbocycles. The molecule has 0 radical (unpaired) electrons. The van der Waals surface area contributed by atoms with Crippen LogP contribution in [0.4, 0.5) is 0 Å². The van der Waals surface area contributed by atoms with E-state index >= 15 is 0 Å². The summed E-state index contributed by atoms with van der Waals surface area (Å²) in [4.78, 5) is 73.0. The fourth-order valence-corrected chi connectivity index (χ4v) is 13.8. The monoisotopic (exact) mass is 1450 g/mol. The van der Waals surface area contributed by atoms with Crippen molar-refractivity contribution in [1.29, 1.82) is 0 Å². The third-order valence-electron chi connectivity index (χ3n) is 19.3. The van der Waals surface area contributed by atoms with Gasteiger partial charge in [-0.25, -0.2) is 9.13 Å². The highest BCUT2D eigenvalue weighted by molar-refractivity contribution is 7.47. The first-order chi connectivity index (χ1) is 47.7. The number of carbonyl (C=O) groups excluding carboxylic acids is 4. The normalized spacial score (nSPS) is 14.6. The van der Waals surface area contributed by atoms with E-state index in [1.165, 1.54) is 205 Å². The molecule has 0 saturated carbocycles. The molecule has 0 saturated heterocycles. The molecule has 0 aromatic heterocycles. The summed E-state index contributed by atoms with van der Waals surface area (Å²) in [5.74, 6) is 1.01. The van der Waals surface area contributed by atoms with Gasteiger partial charge in [0.2, 0.25) is 0 Å². The van der Waals surface area contributed by atoms with Crippen LogP contribution in [0, 0.1) is 23.7 Å². The molecule has 0 aliphatic rings. The molecule has 0 aliphatic heterocycles. The van der Waals surface area contributed by atoms with Crippen molar-refractivity contribution in [3.8, 4) is 0 Å². The maximum absolute atomic E-state index is 13.1. The number of carbonyl (C=O) groups is 4.